The van der Waals surface area contributed by atoms with Crippen molar-refractivity contribution in [3.05, 3.63) is 58.1 Å². The van der Waals surface area contributed by atoms with Gasteiger partial charge in [-0.25, -0.2) is 0 Å². The van der Waals surface area contributed by atoms with E-state index in [1.165, 1.54) is 0 Å². The van der Waals surface area contributed by atoms with Gasteiger partial charge in [0.05, 0.1) is 10.7 Å². The van der Waals surface area contributed by atoms with E-state index in [1.54, 1.807) is 18.2 Å². The molecule has 1 atom stereocenters. The van der Waals surface area contributed by atoms with E-state index in [2.05, 4.69) is 5.32 Å². The third-order valence-electron chi connectivity index (χ3n) is 3.15. The fraction of sp³-hybridized carbons (Fsp3) is 0.235. The maximum atomic E-state index is 12.3. The van der Waals surface area contributed by atoms with Gasteiger partial charge in [-0.15, -0.1) is 0 Å². The van der Waals surface area contributed by atoms with Crippen molar-refractivity contribution >= 4 is 34.8 Å². The van der Waals surface area contributed by atoms with Crippen molar-refractivity contribution in [3.63, 3.8) is 0 Å². The van der Waals surface area contributed by atoms with Gasteiger partial charge >= 0.3 is 0 Å². The summed E-state index contributed by atoms with van der Waals surface area (Å²) in [6.45, 7) is 3.88. The summed E-state index contributed by atoms with van der Waals surface area (Å²) < 4.78 is 5.73. The summed E-state index contributed by atoms with van der Waals surface area (Å²) in [4.78, 5) is 12.3. The molecule has 22 heavy (non-hydrogen) atoms. The fourth-order valence-corrected chi connectivity index (χ4v) is 2.25. The first-order valence-corrected chi connectivity index (χ1v) is 7.74. The first kappa shape index (κ1) is 16.7. The Kier molecular flexibility index (Phi) is 5.69. The zero-order valence-corrected chi connectivity index (χ0v) is 13.9. The lowest BCUT2D eigenvalue weighted by Crippen LogP contribution is -2.32. The second-order valence-electron chi connectivity index (χ2n) is 4.94. The minimum atomic E-state index is -0.599. The molecule has 1 amide bonds. The summed E-state index contributed by atoms with van der Waals surface area (Å²) in [5, 5.41) is 3.69. The molecule has 0 aliphatic rings. The number of aryl methyl sites for hydroxylation is 1. The maximum Gasteiger partial charge on any atom is 0.265 e. The molecule has 0 fully saturated rings. The monoisotopic (exact) mass is 337 g/mol. The molecule has 0 unspecified atom stereocenters. The molecule has 0 radical (unpaired) electrons. The van der Waals surface area contributed by atoms with Crippen molar-refractivity contribution in [2.24, 2.45) is 0 Å². The van der Waals surface area contributed by atoms with E-state index >= 15 is 0 Å². The van der Waals surface area contributed by atoms with Crippen LogP contribution in [0.25, 0.3) is 0 Å². The van der Waals surface area contributed by atoms with Crippen molar-refractivity contribution in [1.82, 2.24) is 0 Å². The van der Waals surface area contributed by atoms with Gasteiger partial charge in [-0.05, 0) is 43.7 Å². The predicted octanol–water partition coefficient (Wildman–Crippen LogP) is 5.10. The molecule has 0 heterocycles. The van der Waals surface area contributed by atoms with Gasteiger partial charge in [0.25, 0.3) is 5.91 Å². The van der Waals surface area contributed by atoms with Crippen LogP contribution in [0.2, 0.25) is 10.0 Å². The van der Waals surface area contributed by atoms with Gasteiger partial charge in [0, 0.05) is 5.02 Å². The second-order valence-corrected chi connectivity index (χ2v) is 5.78. The Bertz CT molecular complexity index is 656. The van der Waals surface area contributed by atoms with Gasteiger partial charge in [-0.1, -0.05) is 47.8 Å². The minimum Gasteiger partial charge on any atom is -0.481 e. The van der Waals surface area contributed by atoms with E-state index in [-0.39, 0.29) is 5.91 Å². The molecule has 116 valence electrons. The van der Waals surface area contributed by atoms with Crippen LogP contribution in [0.15, 0.2) is 42.5 Å². The summed E-state index contributed by atoms with van der Waals surface area (Å²) in [5.41, 5.74) is 1.61. The minimum absolute atomic E-state index is 0.257. The van der Waals surface area contributed by atoms with Crippen LogP contribution in [0.1, 0.15) is 18.9 Å². The number of amides is 1. The number of ether oxygens (including phenoxy) is 1. The lowest BCUT2D eigenvalue weighted by Gasteiger charge is -2.18. The van der Waals surface area contributed by atoms with Gasteiger partial charge in [-0.3, -0.25) is 4.79 Å². The molecular formula is C17H17Cl2NO2. The van der Waals surface area contributed by atoms with Crippen LogP contribution >= 0.6 is 23.2 Å². The Morgan fingerprint density at radius 3 is 2.50 bits per heavy atom. The molecule has 0 saturated heterocycles. The number of halogens is 2. The number of benzene rings is 2. The number of carbonyl (C=O) groups is 1. The van der Waals surface area contributed by atoms with Crippen LogP contribution < -0.4 is 10.1 Å². The SMILES string of the molecule is CC[C@H](Oc1ccc(C)cc1)C(=O)Nc1cc(Cl)ccc1Cl. The van der Waals surface area contributed by atoms with Crippen LogP contribution in [0.3, 0.4) is 0 Å². The van der Waals surface area contributed by atoms with Crippen molar-refractivity contribution in [3.8, 4) is 5.75 Å². The standard InChI is InChI=1S/C17H17Cl2NO2/c1-3-16(22-13-7-4-11(2)5-8-13)17(21)20-15-10-12(18)6-9-14(15)19/h4-10,16H,3H2,1-2H3,(H,20,21)/t16-/m0/s1. The molecule has 2 rings (SSSR count). The van der Waals surface area contributed by atoms with E-state index in [0.29, 0.717) is 27.9 Å². The van der Waals surface area contributed by atoms with E-state index in [9.17, 15) is 4.79 Å². The molecule has 0 aliphatic carbocycles. The molecule has 0 aliphatic heterocycles. The number of rotatable bonds is 5. The summed E-state index contributed by atoms with van der Waals surface area (Å²) in [5.74, 6) is 0.400. The van der Waals surface area contributed by atoms with Crippen molar-refractivity contribution in [2.75, 3.05) is 5.32 Å². The quantitative estimate of drug-likeness (QED) is 0.824. The molecule has 0 bridgehead atoms. The highest BCUT2D eigenvalue weighted by molar-refractivity contribution is 6.35. The van der Waals surface area contributed by atoms with Gasteiger partial charge in [0.1, 0.15) is 5.75 Å². The van der Waals surface area contributed by atoms with E-state index in [0.717, 1.165) is 5.56 Å². The Morgan fingerprint density at radius 1 is 1.18 bits per heavy atom. The number of nitrogens with one attached hydrogen (secondary N) is 1. The highest BCUT2D eigenvalue weighted by atomic mass is 35.5. The molecule has 0 spiro atoms. The van der Waals surface area contributed by atoms with Crippen molar-refractivity contribution in [1.29, 1.82) is 0 Å². The van der Waals surface area contributed by atoms with Crippen LogP contribution in [0.4, 0.5) is 5.69 Å². The molecule has 2 aromatic rings. The Morgan fingerprint density at radius 2 is 1.86 bits per heavy atom. The predicted molar refractivity (Wildman–Crippen MR) is 91.0 cm³/mol. The topological polar surface area (TPSA) is 38.3 Å². The molecule has 0 saturated carbocycles. The van der Waals surface area contributed by atoms with E-state index in [1.807, 2.05) is 38.1 Å². The smallest absolute Gasteiger partial charge is 0.265 e. The fourth-order valence-electron chi connectivity index (χ4n) is 1.91. The lowest BCUT2D eigenvalue weighted by atomic mass is 10.2. The van der Waals surface area contributed by atoms with Crippen molar-refractivity contribution in [2.45, 2.75) is 26.4 Å². The number of anilines is 1. The van der Waals surface area contributed by atoms with Crippen molar-refractivity contribution < 1.29 is 9.53 Å². The lowest BCUT2D eigenvalue weighted by molar-refractivity contribution is -0.122. The number of hydrogen-bond donors (Lipinski definition) is 1. The summed E-state index contributed by atoms with van der Waals surface area (Å²) in [7, 11) is 0. The van der Waals surface area contributed by atoms with Crippen LogP contribution in [0, 0.1) is 6.92 Å². The highest BCUT2D eigenvalue weighted by Crippen LogP contribution is 2.26. The third kappa shape index (κ3) is 4.39. The van der Waals surface area contributed by atoms with Crippen LogP contribution in [-0.4, -0.2) is 12.0 Å². The van der Waals surface area contributed by atoms with Gasteiger partial charge < -0.3 is 10.1 Å². The zero-order chi connectivity index (χ0) is 16.1. The van der Waals surface area contributed by atoms with Gasteiger partial charge in [0.15, 0.2) is 6.10 Å². The highest BCUT2D eigenvalue weighted by Gasteiger charge is 2.19. The van der Waals surface area contributed by atoms with E-state index in [4.69, 9.17) is 27.9 Å². The Labute approximate surface area is 140 Å². The average Bonchev–Trinajstić information content (AvgIpc) is 2.50. The summed E-state index contributed by atoms with van der Waals surface area (Å²) >= 11 is 12.0. The number of carbonyl (C=O) groups excluding carboxylic acids is 1. The molecule has 3 nitrogen and oxygen atoms in total. The van der Waals surface area contributed by atoms with Gasteiger partial charge in [-0.2, -0.15) is 0 Å². The van der Waals surface area contributed by atoms with Crippen LogP contribution in [-0.2, 0) is 4.79 Å². The molecule has 2 aromatic carbocycles. The largest absolute Gasteiger partial charge is 0.481 e. The Hall–Kier alpha value is -1.71. The molecular weight excluding hydrogens is 321 g/mol. The summed E-state index contributed by atoms with van der Waals surface area (Å²) in [6.07, 6.45) is -0.0597. The third-order valence-corrected chi connectivity index (χ3v) is 3.71. The van der Waals surface area contributed by atoms with Crippen LogP contribution in [0.5, 0.6) is 5.75 Å². The molecule has 1 N–H and O–H groups in total. The first-order chi connectivity index (χ1) is 10.5. The Balaban J connectivity index is 2.08. The maximum absolute atomic E-state index is 12.3. The first-order valence-electron chi connectivity index (χ1n) is 6.99. The molecule has 0 aromatic heterocycles. The van der Waals surface area contributed by atoms with E-state index < -0.39 is 6.10 Å². The van der Waals surface area contributed by atoms with Gasteiger partial charge in [0.2, 0.25) is 0 Å². The second kappa shape index (κ2) is 7.52. The number of hydrogen-bond acceptors (Lipinski definition) is 2. The average molecular weight is 338 g/mol. The normalized spacial score (nSPS) is 11.8. The zero-order valence-electron chi connectivity index (χ0n) is 12.4. The summed E-state index contributed by atoms with van der Waals surface area (Å²) in [6, 6.07) is 12.5. The molecule has 5 heteroatoms.